The maximum atomic E-state index is 12.4. The van der Waals surface area contributed by atoms with Gasteiger partial charge in [-0.2, -0.15) is 0 Å². The molecular weight excluding hydrogens is 310 g/mol. The Bertz CT molecular complexity index is 798. The Morgan fingerprint density at radius 3 is 2.59 bits per heavy atom. The molecule has 2 aromatic rings. The highest BCUT2D eigenvalue weighted by Crippen LogP contribution is 2.28. The van der Waals surface area contributed by atoms with E-state index in [1.54, 1.807) is 13.0 Å². The number of methoxy groups -OCH3 is 1. The van der Waals surface area contributed by atoms with E-state index in [9.17, 15) is 13.2 Å². The Morgan fingerprint density at radius 2 is 2.05 bits per heavy atom. The lowest BCUT2D eigenvalue weighted by molar-refractivity contribution is -0.114. The third-order valence-corrected chi connectivity index (χ3v) is 4.02. The Kier molecular flexibility index (Phi) is 4.36. The second-order valence-electron chi connectivity index (χ2n) is 4.48. The van der Waals surface area contributed by atoms with Crippen LogP contribution in [0.1, 0.15) is 12.7 Å². The maximum absolute atomic E-state index is 12.4. The van der Waals surface area contributed by atoms with Gasteiger partial charge >= 0.3 is 0 Å². The van der Waals surface area contributed by atoms with E-state index >= 15 is 0 Å². The van der Waals surface area contributed by atoms with E-state index in [0.717, 1.165) is 0 Å². The second kappa shape index (κ2) is 6.06. The summed E-state index contributed by atoms with van der Waals surface area (Å²) >= 11 is 0. The van der Waals surface area contributed by atoms with Crippen molar-refractivity contribution < 1.29 is 22.5 Å². The minimum atomic E-state index is -3.95. The van der Waals surface area contributed by atoms with Crippen molar-refractivity contribution in [1.82, 2.24) is 5.16 Å². The SMILES string of the molecule is COc1ccc(NC(C)=O)cc1S(=O)(=O)Nc1cc(C)on1. The minimum Gasteiger partial charge on any atom is -0.495 e. The Hall–Kier alpha value is -2.55. The smallest absolute Gasteiger partial charge is 0.266 e. The summed E-state index contributed by atoms with van der Waals surface area (Å²) in [5.74, 6) is 0.358. The number of carbonyl (C=O) groups excluding carboxylic acids is 1. The molecule has 0 aliphatic carbocycles. The standard InChI is InChI=1S/C13H15N3O5S/c1-8-6-13(15-21-8)16-22(18,19)12-7-10(14-9(2)17)4-5-11(12)20-3/h4-7H,1-3H3,(H,14,17)(H,15,16). The molecule has 2 rings (SSSR count). The van der Waals surface area contributed by atoms with Crippen molar-refractivity contribution in [2.75, 3.05) is 17.1 Å². The lowest BCUT2D eigenvalue weighted by Crippen LogP contribution is -2.15. The highest BCUT2D eigenvalue weighted by molar-refractivity contribution is 7.92. The van der Waals surface area contributed by atoms with Gasteiger partial charge in [-0.3, -0.25) is 9.52 Å². The summed E-state index contributed by atoms with van der Waals surface area (Å²) in [4.78, 5) is 11.0. The summed E-state index contributed by atoms with van der Waals surface area (Å²) in [5, 5.41) is 6.09. The first-order valence-electron chi connectivity index (χ1n) is 6.23. The maximum Gasteiger partial charge on any atom is 0.266 e. The molecule has 0 radical (unpaired) electrons. The number of sulfonamides is 1. The van der Waals surface area contributed by atoms with E-state index in [-0.39, 0.29) is 22.4 Å². The molecule has 0 bridgehead atoms. The van der Waals surface area contributed by atoms with Gasteiger partial charge in [0.25, 0.3) is 10.0 Å². The van der Waals surface area contributed by atoms with E-state index in [4.69, 9.17) is 9.26 Å². The first-order chi connectivity index (χ1) is 10.3. The van der Waals surface area contributed by atoms with E-state index in [1.165, 1.54) is 32.2 Å². The molecule has 1 aromatic heterocycles. The lowest BCUT2D eigenvalue weighted by atomic mass is 10.3. The molecule has 118 valence electrons. The molecule has 0 unspecified atom stereocenters. The molecule has 2 N–H and O–H groups in total. The van der Waals surface area contributed by atoms with Crippen LogP contribution in [0.25, 0.3) is 0 Å². The Labute approximate surface area is 127 Å². The molecule has 0 fully saturated rings. The van der Waals surface area contributed by atoms with Crippen LogP contribution in [-0.2, 0) is 14.8 Å². The number of hydrogen-bond donors (Lipinski definition) is 2. The van der Waals surface area contributed by atoms with Crippen LogP contribution in [0.4, 0.5) is 11.5 Å². The second-order valence-corrected chi connectivity index (χ2v) is 6.13. The largest absolute Gasteiger partial charge is 0.495 e. The minimum absolute atomic E-state index is 0.0597. The zero-order valence-electron chi connectivity index (χ0n) is 12.2. The molecular formula is C13H15N3O5S. The summed E-state index contributed by atoms with van der Waals surface area (Å²) in [6, 6.07) is 5.74. The summed E-state index contributed by atoms with van der Waals surface area (Å²) in [7, 11) is -2.60. The number of carbonyl (C=O) groups is 1. The number of nitrogens with one attached hydrogen (secondary N) is 2. The van der Waals surface area contributed by atoms with Crippen molar-refractivity contribution >= 4 is 27.4 Å². The Balaban J connectivity index is 2.41. The number of nitrogens with zero attached hydrogens (tertiary/aromatic N) is 1. The summed E-state index contributed by atoms with van der Waals surface area (Å²) in [6.45, 7) is 2.97. The molecule has 1 aromatic carbocycles. The average Bonchev–Trinajstić information content (AvgIpc) is 2.82. The average molecular weight is 325 g/mol. The van der Waals surface area contributed by atoms with E-state index in [0.29, 0.717) is 11.4 Å². The fourth-order valence-corrected chi connectivity index (χ4v) is 2.95. The normalized spacial score (nSPS) is 11.0. The molecule has 0 saturated carbocycles. The van der Waals surface area contributed by atoms with Gasteiger partial charge in [0.05, 0.1) is 7.11 Å². The third-order valence-electron chi connectivity index (χ3n) is 2.64. The van der Waals surface area contributed by atoms with Gasteiger partial charge in [0.15, 0.2) is 5.82 Å². The first-order valence-corrected chi connectivity index (χ1v) is 7.72. The quantitative estimate of drug-likeness (QED) is 0.866. The van der Waals surface area contributed by atoms with Gasteiger partial charge in [0.1, 0.15) is 16.4 Å². The van der Waals surface area contributed by atoms with Crippen LogP contribution >= 0.6 is 0 Å². The zero-order chi connectivity index (χ0) is 16.3. The van der Waals surface area contributed by atoms with Crippen LogP contribution in [0.5, 0.6) is 5.75 Å². The molecule has 0 aliphatic rings. The fraction of sp³-hybridized carbons (Fsp3) is 0.231. The summed E-state index contributed by atoms with van der Waals surface area (Å²) < 4.78 is 37.0. The fourth-order valence-electron chi connectivity index (χ4n) is 1.77. The van der Waals surface area contributed by atoms with Gasteiger partial charge in [-0.15, -0.1) is 0 Å². The van der Waals surface area contributed by atoms with Gasteiger partial charge in [-0.1, -0.05) is 5.16 Å². The molecule has 0 saturated heterocycles. The number of rotatable bonds is 5. The molecule has 0 atom stereocenters. The topological polar surface area (TPSA) is 111 Å². The van der Waals surface area contributed by atoms with Crippen molar-refractivity contribution in [3.8, 4) is 5.75 Å². The van der Waals surface area contributed by atoms with Gasteiger partial charge in [-0.05, 0) is 25.1 Å². The summed E-state index contributed by atoms with van der Waals surface area (Å²) in [6.07, 6.45) is 0. The van der Waals surface area contributed by atoms with Crippen LogP contribution in [0.15, 0.2) is 33.7 Å². The predicted octanol–water partition coefficient (Wildman–Crippen LogP) is 1.75. The van der Waals surface area contributed by atoms with Crippen molar-refractivity contribution in [2.24, 2.45) is 0 Å². The van der Waals surface area contributed by atoms with Crippen LogP contribution in [0, 0.1) is 6.92 Å². The number of ether oxygens (including phenoxy) is 1. The number of benzene rings is 1. The van der Waals surface area contributed by atoms with Crippen LogP contribution < -0.4 is 14.8 Å². The molecule has 9 heteroatoms. The van der Waals surface area contributed by atoms with Gasteiger partial charge in [-0.25, -0.2) is 8.42 Å². The van der Waals surface area contributed by atoms with Crippen molar-refractivity contribution in [1.29, 1.82) is 0 Å². The monoisotopic (exact) mass is 325 g/mol. The van der Waals surface area contributed by atoms with Crippen molar-refractivity contribution in [2.45, 2.75) is 18.7 Å². The van der Waals surface area contributed by atoms with Crippen molar-refractivity contribution in [3.05, 3.63) is 30.0 Å². The highest BCUT2D eigenvalue weighted by atomic mass is 32.2. The highest BCUT2D eigenvalue weighted by Gasteiger charge is 2.22. The van der Waals surface area contributed by atoms with E-state index < -0.39 is 10.0 Å². The van der Waals surface area contributed by atoms with Gasteiger partial charge < -0.3 is 14.6 Å². The number of anilines is 2. The molecule has 1 heterocycles. The van der Waals surface area contributed by atoms with Crippen LogP contribution in [0.3, 0.4) is 0 Å². The van der Waals surface area contributed by atoms with Crippen molar-refractivity contribution in [3.63, 3.8) is 0 Å². The zero-order valence-corrected chi connectivity index (χ0v) is 13.0. The molecule has 0 aliphatic heterocycles. The number of hydrogen-bond acceptors (Lipinski definition) is 6. The molecule has 8 nitrogen and oxygen atoms in total. The molecule has 1 amide bonds. The van der Waals surface area contributed by atoms with Crippen LogP contribution in [-0.4, -0.2) is 26.6 Å². The van der Waals surface area contributed by atoms with Gasteiger partial charge in [0.2, 0.25) is 5.91 Å². The molecule has 22 heavy (non-hydrogen) atoms. The number of aromatic nitrogens is 1. The Morgan fingerprint density at radius 1 is 1.32 bits per heavy atom. The first kappa shape index (κ1) is 15.8. The van der Waals surface area contributed by atoms with E-state index in [1.807, 2.05) is 0 Å². The molecule has 0 spiro atoms. The predicted molar refractivity (Wildman–Crippen MR) is 79.3 cm³/mol. The third kappa shape index (κ3) is 3.55. The van der Waals surface area contributed by atoms with Gasteiger partial charge in [0, 0.05) is 18.7 Å². The van der Waals surface area contributed by atoms with Crippen LogP contribution in [0.2, 0.25) is 0 Å². The summed E-state index contributed by atoms with van der Waals surface area (Å²) in [5.41, 5.74) is 0.338. The van der Waals surface area contributed by atoms with E-state index in [2.05, 4.69) is 15.2 Å². The lowest BCUT2D eigenvalue weighted by Gasteiger charge is -2.12. The number of aryl methyl sites for hydroxylation is 1. The number of amides is 1.